The lowest BCUT2D eigenvalue weighted by atomic mass is 9.94. The summed E-state index contributed by atoms with van der Waals surface area (Å²) in [5.41, 5.74) is -0.900. The van der Waals surface area contributed by atoms with E-state index >= 15 is 0 Å². The molecule has 2 aliphatic rings. The van der Waals surface area contributed by atoms with Crippen LogP contribution in [0.25, 0.3) is 0 Å². The molecule has 37 heavy (non-hydrogen) atoms. The first-order chi connectivity index (χ1) is 17.1. The van der Waals surface area contributed by atoms with Gasteiger partial charge in [-0.1, -0.05) is 6.07 Å². The number of likely N-dealkylation sites (tertiary alicyclic amines) is 1. The van der Waals surface area contributed by atoms with Crippen LogP contribution in [0, 0.1) is 5.92 Å². The van der Waals surface area contributed by atoms with Crippen molar-refractivity contribution in [2.75, 3.05) is 20.2 Å². The first kappa shape index (κ1) is 27.4. The number of halogens is 3. The molecule has 1 amide bonds. The number of methoxy groups -OCH3 is 1. The Morgan fingerprint density at radius 2 is 1.65 bits per heavy atom. The Morgan fingerprint density at radius 3 is 2.24 bits per heavy atom. The molecule has 7 nitrogen and oxygen atoms in total. The molecule has 1 aliphatic heterocycles. The van der Waals surface area contributed by atoms with Gasteiger partial charge in [0, 0.05) is 13.1 Å². The van der Waals surface area contributed by atoms with Crippen LogP contribution in [0.3, 0.4) is 0 Å². The molecule has 1 aliphatic carbocycles. The lowest BCUT2D eigenvalue weighted by Crippen LogP contribution is -2.42. The van der Waals surface area contributed by atoms with Gasteiger partial charge in [0.1, 0.15) is 5.75 Å². The summed E-state index contributed by atoms with van der Waals surface area (Å²) in [6.45, 7) is 3.21. The predicted molar refractivity (Wildman–Crippen MR) is 130 cm³/mol. The van der Waals surface area contributed by atoms with Crippen LogP contribution in [0.5, 0.6) is 5.75 Å². The Labute approximate surface area is 214 Å². The van der Waals surface area contributed by atoms with E-state index in [1.807, 2.05) is 0 Å². The highest BCUT2D eigenvalue weighted by molar-refractivity contribution is 7.93. The molecule has 1 saturated heterocycles. The van der Waals surface area contributed by atoms with Gasteiger partial charge in [-0.15, -0.1) is 0 Å². The summed E-state index contributed by atoms with van der Waals surface area (Å²) in [5, 5.41) is -0.417. The molecular weight excluding hydrogens is 531 g/mol. The van der Waals surface area contributed by atoms with Crippen molar-refractivity contribution in [1.82, 2.24) is 4.90 Å². The zero-order valence-corrected chi connectivity index (χ0v) is 22.2. The highest BCUT2D eigenvalue weighted by Crippen LogP contribution is 2.40. The molecule has 2 fully saturated rings. The van der Waals surface area contributed by atoms with Gasteiger partial charge in [-0.25, -0.2) is 16.8 Å². The molecule has 1 heterocycles. The van der Waals surface area contributed by atoms with Crippen LogP contribution in [0.2, 0.25) is 0 Å². The second-order valence-electron chi connectivity index (χ2n) is 9.98. The van der Waals surface area contributed by atoms with E-state index in [0.29, 0.717) is 25.3 Å². The van der Waals surface area contributed by atoms with Crippen molar-refractivity contribution >= 4 is 25.6 Å². The number of amides is 1. The van der Waals surface area contributed by atoms with Crippen molar-refractivity contribution in [2.45, 2.75) is 59.1 Å². The Hall–Kier alpha value is -2.60. The molecule has 0 spiro atoms. The van der Waals surface area contributed by atoms with E-state index in [1.165, 1.54) is 44.1 Å². The normalized spacial score (nSPS) is 19.2. The summed E-state index contributed by atoms with van der Waals surface area (Å²) in [6.07, 6.45) is -3.16. The SMILES string of the molecule is COc1cc(S(=O)(=O)C2CC2)ccc1C(=O)N1CCC(C(C)(C)S(=O)(=O)c2cccc(C(F)(F)F)c2)C1. The van der Waals surface area contributed by atoms with E-state index < -0.39 is 58.1 Å². The lowest BCUT2D eigenvalue weighted by Gasteiger charge is -2.31. The molecule has 2 aromatic rings. The van der Waals surface area contributed by atoms with Crippen molar-refractivity contribution in [3.8, 4) is 5.75 Å². The number of rotatable bonds is 7. The number of nitrogens with zero attached hydrogens (tertiary/aromatic N) is 1. The van der Waals surface area contributed by atoms with Gasteiger partial charge in [-0.2, -0.15) is 13.2 Å². The molecule has 2 aromatic carbocycles. The van der Waals surface area contributed by atoms with E-state index in [0.717, 1.165) is 18.2 Å². The van der Waals surface area contributed by atoms with Crippen LogP contribution in [0.15, 0.2) is 52.3 Å². The summed E-state index contributed by atoms with van der Waals surface area (Å²) >= 11 is 0. The molecule has 0 radical (unpaired) electrons. The highest BCUT2D eigenvalue weighted by Gasteiger charge is 2.47. The van der Waals surface area contributed by atoms with Gasteiger partial charge >= 0.3 is 6.18 Å². The Bertz CT molecular complexity index is 1430. The van der Waals surface area contributed by atoms with Crippen molar-refractivity contribution in [3.05, 3.63) is 53.6 Å². The number of alkyl halides is 3. The van der Waals surface area contributed by atoms with Gasteiger partial charge in [0.05, 0.1) is 38.0 Å². The van der Waals surface area contributed by atoms with Crippen LogP contribution in [0.4, 0.5) is 13.2 Å². The summed E-state index contributed by atoms with van der Waals surface area (Å²) in [4.78, 5) is 14.4. The summed E-state index contributed by atoms with van der Waals surface area (Å²) in [6, 6.07) is 7.76. The number of benzene rings is 2. The first-order valence-electron chi connectivity index (χ1n) is 11.7. The Kier molecular flexibility index (Phi) is 6.90. The third-order valence-corrected chi connectivity index (χ3v) is 12.2. The van der Waals surface area contributed by atoms with Gasteiger partial charge in [-0.05, 0) is 75.4 Å². The van der Waals surface area contributed by atoms with Crippen molar-refractivity contribution in [2.24, 2.45) is 5.92 Å². The standard InChI is InChI=1S/C25H28F3NO6S2/c1-24(2,37(33,34)20-6-4-5-16(13-20)25(26,27)28)17-11-12-29(15-17)23(30)21-10-9-19(14-22(21)35-3)36(31,32)18-7-8-18/h4-6,9-10,13-14,17-18H,7-8,11-12,15H2,1-3H3. The largest absolute Gasteiger partial charge is 0.496 e. The number of hydrogen-bond donors (Lipinski definition) is 0. The van der Waals surface area contributed by atoms with Crippen LogP contribution in [0.1, 0.15) is 49.0 Å². The molecule has 0 bridgehead atoms. The molecule has 0 N–H and O–H groups in total. The molecule has 1 unspecified atom stereocenters. The fraction of sp³-hybridized carbons (Fsp3) is 0.480. The molecule has 202 valence electrons. The monoisotopic (exact) mass is 559 g/mol. The molecule has 0 aromatic heterocycles. The molecule has 4 rings (SSSR count). The molecule has 1 saturated carbocycles. The number of hydrogen-bond acceptors (Lipinski definition) is 6. The second kappa shape index (κ2) is 9.30. The quantitative estimate of drug-likeness (QED) is 0.500. The number of carbonyl (C=O) groups excluding carboxylic acids is 1. The topological polar surface area (TPSA) is 97.8 Å². The minimum absolute atomic E-state index is 0.0648. The van der Waals surface area contributed by atoms with Crippen LogP contribution in [-0.4, -0.2) is 57.8 Å². The van der Waals surface area contributed by atoms with Crippen molar-refractivity contribution in [1.29, 1.82) is 0 Å². The van der Waals surface area contributed by atoms with E-state index in [2.05, 4.69) is 0 Å². The van der Waals surface area contributed by atoms with Crippen molar-refractivity contribution < 1.29 is 39.5 Å². The average Bonchev–Trinajstić information content (AvgIpc) is 3.59. The Balaban J connectivity index is 1.56. The minimum Gasteiger partial charge on any atom is -0.496 e. The van der Waals surface area contributed by atoms with Gasteiger partial charge in [0.15, 0.2) is 19.7 Å². The fourth-order valence-electron chi connectivity index (χ4n) is 4.64. The summed E-state index contributed by atoms with van der Waals surface area (Å²) < 4.78 is 95.3. The fourth-order valence-corrected chi connectivity index (χ4v) is 8.09. The van der Waals surface area contributed by atoms with Gasteiger partial charge < -0.3 is 9.64 Å². The number of sulfone groups is 2. The second-order valence-corrected chi connectivity index (χ2v) is 14.7. The van der Waals surface area contributed by atoms with Crippen LogP contribution in [-0.2, 0) is 25.9 Å². The van der Waals surface area contributed by atoms with Crippen LogP contribution >= 0.6 is 0 Å². The zero-order valence-electron chi connectivity index (χ0n) is 20.6. The summed E-state index contributed by atoms with van der Waals surface area (Å²) in [7, 11) is -6.34. The number of carbonyl (C=O) groups is 1. The van der Waals surface area contributed by atoms with Crippen molar-refractivity contribution in [3.63, 3.8) is 0 Å². The lowest BCUT2D eigenvalue weighted by molar-refractivity contribution is -0.137. The zero-order chi connectivity index (χ0) is 27.4. The third kappa shape index (κ3) is 4.97. The number of ether oxygens (including phenoxy) is 1. The molecular formula is C25H28F3NO6S2. The van der Waals surface area contributed by atoms with E-state index in [4.69, 9.17) is 4.74 Å². The highest BCUT2D eigenvalue weighted by atomic mass is 32.2. The smallest absolute Gasteiger partial charge is 0.416 e. The maximum absolute atomic E-state index is 13.4. The Morgan fingerprint density at radius 1 is 0.973 bits per heavy atom. The molecule has 12 heteroatoms. The predicted octanol–water partition coefficient (Wildman–Crippen LogP) is 4.36. The van der Waals surface area contributed by atoms with Gasteiger partial charge in [0.2, 0.25) is 0 Å². The maximum atomic E-state index is 13.4. The van der Waals surface area contributed by atoms with Crippen LogP contribution < -0.4 is 4.74 Å². The van der Waals surface area contributed by atoms with E-state index in [1.54, 1.807) is 0 Å². The average molecular weight is 560 g/mol. The van der Waals surface area contributed by atoms with E-state index in [9.17, 15) is 34.8 Å². The molecule has 1 atom stereocenters. The maximum Gasteiger partial charge on any atom is 0.416 e. The van der Waals surface area contributed by atoms with E-state index in [-0.39, 0.29) is 29.3 Å². The van der Waals surface area contributed by atoms with Gasteiger partial charge in [-0.3, -0.25) is 4.79 Å². The first-order valence-corrected chi connectivity index (χ1v) is 14.8. The third-order valence-electron chi connectivity index (χ3n) is 7.32. The summed E-state index contributed by atoms with van der Waals surface area (Å²) in [5.74, 6) is -0.885. The van der Waals surface area contributed by atoms with Gasteiger partial charge in [0.25, 0.3) is 5.91 Å². The minimum atomic E-state index is -4.68.